The summed E-state index contributed by atoms with van der Waals surface area (Å²) in [5.41, 5.74) is 2.01. The smallest absolute Gasteiger partial charge is 0.211 e. The minimum absolute atomic E-state index is 0.166. The van der Waals surface area contributed by atoms with Crippen molar-refractivity contribution in [2.75, 3.05) is 23.9 Å². The Morgan fingerprint density at radius 1 is 1.00 bits per heavy atom. The number of nitrogens with zero attached hydrogens (tertiary/aromatic N) is 1. The highest BCUT2D eigenvalue weighted by atomic mass is 32.2. The molecule has 0 bridgehead atoms. The van der Waals surface area contributed by atoms with Gasteiger partial charge in [0.25, 0.3) is 0 Å². The van der Waals surface area contributed by atoms with E-state index in [1.54, 1.807) is 0 Å². The predicted molar refractivity (Wildman–Crippen MR) is 96.9 cm³/mol. The molecule has 1 atom stereocenters. The first kappa shape index (κ1) is 16.1. The Bertz CT molecular complexity index is 575. The molecule has 2 N–H and O–H groups in total. The van der Waals surface area contributed by atoms with E-state index in [4.69, 9.17) is 0 Å². The van der Waals surface area contributed by atoms with Gasteiger partial charge < -0.3 is 10.6 Å². The first-order valence-electron chi connectivity index (χ1n) is 7.88. The maximum Gasteiger partial charge on any atom is 0.211 e. The molecule has 0 saturated carbocycles. The summed E-state index contributed by atoms with van der Waals surface area (Å²) in [6.07, 6.45) is 0.522. The van der Waals surface area contributed by atoms with Crippen molar-refractivity contribution in [3.63, 3.8) is 0 Å². The fraction of sp³-hybridized carbons (Fsp3) is 0.278. The van der Waals surface area contributed by atoms with E-state index in [9.17, 15) is 4.79 Å². The van der Waals surface area contributed by atoms with E-state index < -0.39 is 0 Å². The molecule has 0 spiro atoms. The van der Waals surface area contributed by atoms with E-state index in [1.165, 1.54) is 11.9 Å². The van der Waals surface area contributed by atoms with Gasteiger partial charge >= 0.3 is 0 Å². The van der Waals surface area contributed by atoms with Crippen LogP contribution >= 0.6 is 11.9 Å². The molecular weight excluding hydrogens is 306 g/mol. The number of hydrogen-bond acceptors (Lipinski definition) is 5. The molecule has 0 radical (unpaired) electrons. The van der Waals surface area contributed by atoms with Crippen LogP contribution in [-0.2, 0) is 4.79 Å². The normalized spacial score (nSPS) is 17.7. The molecule has 0 aliphatic carbocycles. The van der Waals surface area contributed by atoms with Crippen LogP contribution in [0.25, 0.3) is 0 Å². The van der Waals surface area contributed by atoms with Crippen molar-refractivity contribution >= 4 is 28.4 Å². The van der Waals surface area contributed by atoms with Gasteiger partial charge in [0.2, 0.25) is 5.12 Å². The summed E-state index contributed by atoms with van der Waals surface area (Å²) in [6.45, 7) is 2.74. The zero-order valence-corrected chi connectivity index (χ0v) is 13.8. The van der Waals surface area contributed by atoms with Crippen LogP contribution in [0.5, 0.6) is 0 Å². The fourth-order valence-electron chi connectivity index (χ4n) is 2.58. The molecule has 1 aliphatic rings. The lowest BCUT2D eigenvalue weighted by Gasteiger charge is -2.26. The first-order chi connectivity index (χ1) is 11.3. The van der Waals surface area contributed by atoms with Crippen molar-refractivity contribution in [1.29, 1.82) is 0 Å². The molecule has 0 amide bonds. The molecule has 120 valence electrons. The SMILES string of the molecule is O=C(CC1CNCCN1)SN(c1ccccc1)c1ccccc1. The van der Waals surface area contributed by atoms with Crippen LogP contribution < -0.4 is 14.9 Å². The molecule has 1 aliphatic heterocycles. The van der Waals surface area contributed by atoms with Gasteiger partial charge in [-0.25, -0.2) is 0 Å². The Kier molecular flexibility index (Phi) is 5.69. The molecule has 23 heavy (non-hydrogen) atoms. The molecule has 5 heteroatoms. The van der Waals surface area contributed by atoms with Gasteiger partial charge in [0.1, 0.15) is 0 Å². The quantitative estimate of drug-likeness (QED) is 0.827. The molecule has 1 saturated heterocycles. The van der Waals surface area contributed by atoms with E-state index in [2.05, 4.69) is 10.6 Å². The number of benzene rings is 2. The summed E-state index contributed by atoms with van der Waals surface area (Å²) in [4.78, 5) is 12.5. The Labute approximate surface area is 141 Å². The topological polar surface area (TPSA) is 44.4 Å². The van der Waals surface area contributed by atoms with Crippen molar-refractivity contribution in [3.8, 4) is 0 Å². The second-order valence-corrected chi connectivity index (χ2v) is 6.49. The third-order valence-electron chi connectivity index (χ3n) is 3.71. The van der Waals surface area contributed by atoms with E-state index in [-0.39, 0.29) is 11.2 Å². The Hall–Kier alpha value is -1.82. The van der Waals surface area contributed by atoms with Gasteiger partial charge in [-0.05, 0) is 24.3 Å². The van der Waals surface area contributed by atoms with Crippen LogP contribution in [0.3, 0.4) is 0 Å². The van der Waals surface area contributed by atoms with Gasteiger partial charge in [0.05, 0.1) is 11.4 Å². The Morgan fingerprint density at radius 3 is 2.13 bits per heavy atom. The summed E-state index contributed by atoms with van der Waals surface area (Å²) in [6, 6.07) is 20.2. The van der Waals surface area contributed by atoms with Crippen LogP contribution in [0.4, 0.5) is 11.4 Å². The largest absolute Gasteiger partial charge is 0.314 e. The average molecular weight is 327 g/mol. The van der Waals surface area contributed by atoms with Crippen LogP contribution in [0.15, 0.2) is 60.7 Å². The molecule has 2 aromatic rings. The van der Waals surface area contributed by atoms with Gasteiger partial charge in [-0.3, -0.25) is 9.10 Å². The number of piperazine rings is 1. The van der Waals surface area contributed by atoms with Crippen molar-refractivity contribution in [2.45, 2.75) is 12.5 Å². The van der Waals surface area contributed by atoms with E-state index >= 15 is 0 Å². The molecular formula is C18H21N3OS. The highest BCUT2D eigenvalue weighted by Crippen LogP contribution is 2.33. The predicted octanol–water partition coefficient (Wildman–Crippen LogP) is 2.95. The molecule has 4 nitrogen and oxygen atoms in total. The summed E-state index contributed by atoms with van der Waals surface area (Å²) < 4.78 is 2.00. The van der Waals surface area contributed by atoms with Gasteiger partial charge in [0.15, 0.2) is 0 Å². The third-order valence-corrected chi connectivity index (χ3v) is 4.69. The minimum atomic E-state index is 0.166. The molecule has 1 unspecified atom stereocenters. The van der Waals surface area contributed by atoms with Crippen molar-refractivity contribution in [3.05, 3.63) is 60.7 Å². The average Bonchev–Trinajstić information content (AvgIpc) is 2.62. The number of rotatable bonds is 5. The maximum atomic E-state index is 12.5. The molecule has 1 heterocycles. The minimum Gasteiger partial charge on any atom is -0.314 e. The lowest BCUT2D eigenvalue weighted by Crippen LogP contribution is -2.48. The zero-order valence-electron chi connectivity index (χ0n) is 12.9. The molecule has 3 rings (SSSR count). The Balaban J connectivity index is 1.72. The summed E-state index contributed by atoms with van der Waals surface area (Å²) in [7, 11) is 0. The maximum absolute atomic E-state index is 12.5. The highest BCUT2D eigenvalue weighted by Gasteiger charge is 2.20. The van der Waals surface area contributed by atoms with Gasteiger partial charge in [-0.15, -0.1) is 0 Å². The fourth-order valence-corrected chi connectivity index (χ4v) is 3.51. The highest BCUT2D eigenvalue weighted by molar-refractivity contribution is 8.15. The van der Waals surface area contributed by atoms with Crippen LogP contribution in [0.1, 0.15) is 6.42 Å². The van der Waals surface area contributed by atoms with Gasteiger partial charge in [-0.2, -0.15) is 0 Å². The second-order valence-electron chi connectivity index (χ2n) is 5.49. The van der Waals surface area contributed by atoms with E-state index in [1.807, 2.05) is 65.0 Å². The van der Waals surface area contributed by atoms with Crippen molar-refractivity contribution in [1.82, 2.24) is 10.6 Å². The number of carbonyl (C=O) groups is 1. The first-order valence-corrected chi connectivity index (χ1v) is 8.65. The van der Waals surface area contributed by atoms with Gasteiger partial charge in [-0.1, -0.05) is 36.4 Å². The van der Waals surface area contributed by atoms with Crippen molar-refractivity contribution < 1.29 is 4.79 Å². The number of anilines is 2. The summed E-state index contributed by atoms with van der Waals surface area (Å²) in [5, 5.41) is 6.87. The number of carbonyl (C=O) groups excluding carboxylic acids is 1. The molecule has 0 aromatic heterocycles. The van der Waals surface area contributed by atoms with E-state index in [0.717, 1.165) is 31.0 Å². The Morgan fingerprint density at radius 2 is 1.61 bits per heavy atom. The number of nitrogens with one attached hydrogen (secondary N) is 2. The van der Waals surface area contributed by atoms with Crippen molar-refractivity contribution in [2.24, 2.45) is 0 Å². The third kappa shape index (κ3) is 4.58. The van der Waals surface area contributed by atoms with Gasteiger partial charge in [0, 0.05) is 44.0 Å². The number of hydrogen-bond donors (Lipinski definition) is 2. The van der Waals surface area contributed by atoms with Crippen LogP contribution in [0, 0.1) is 0 Å². The zero-order chi connectivity index (χ0) is 15.9. The summed E-state index contributed by atoms with van der Waals surface area (Å²) >= 11 is 1.27. The van der Waals surface area contributed by atoms with Crippen LogP contribution in [0.2, 0.25) is 0 Å². The van der Waals surface area contributed by atoms with E-state index in [0.29, 0.717) is 6.42 Å². The number of para-hydroxylation sites is 2. The molecule has 1 fully saturated rings. The second kappa shape index (κ2) is 8.15. The lowest BCUT2D eigenvalue weighted by molar-refractivity contribution is -0.111. The monoisotopic (exact) mass is 327 g/mol. The molecule has 2 aromatic carbocycles. The summed E-state index contributed by atoms with van der Waals surface area (Å²) in [5.74, 6) is 0. The lowest BCUT2D eigenvalue weighted by atomic mass is 10.2. The standard InChI is InChI=1S/C18H21N3OS/c22-18(13-15-14-19-11-12-20-15)23-21(16-7-3-1-4-8-16)17-9-5-2-6-10-17/h1-10,15,19-20H,11-14H2. The van der Waals surface area contributed by atoms with Crippen LogP contribution in [-0.4, -0.2) is 30.8 Å².